The Morgan fingerprint density at radius 1 is 1.03 bits per heavy atom. The molecule has 1 fully saturated rings. The van der Waals surface area contributed by atoms with E-state index in [9.17, 15) is 18.0 Å². The topological polar surface area (TPSA) is 95.5 Å². The highest BCUT2D eigenvalue weighted by molar-refractivity contribution is 5.92. The van der Waals surface area contributed by atoms with Gasteiger partial charge in [-0.3, -0.25) is 4.79 Å². The van der Waals surface area contributed by atoms with Crippen LogP contribution in [0.5, 0.6) is 5.75 Å². The van der Waals surface area contributed by atoms with Crippen LogP contribution < -0.4 is 25.2 Å². The third-order valence-corrected chi connectivity index (χ3v) is 5.76. The Labute approximate surface area is 206 Å². The van der Waals surface area contributed by atoms with Crippen molar-refractivity contribution in [3.8, 4) is 5.75 Å². The maximum absolute atomic E-state index is 12.6. The van der Waals surface area contributed by atoms with Gasteiger partial charge in [-0.05, 0) is 43.2 Å². The van der Waals surface area contributed by atoms with Crippen molar-refractivity contribution in [3.63, 3.8) is 0 Å². The molecule has 0 bridgehead atoms. The number of amides is 1. The summed E-state index contributed by atoms with van der Waals surface area (Å²) in [5.74, 6) is 0.455. The van der Waals surface area contributed by atoms with E-state index in [4.69, 9.17) is 0 Å². The van der Waals surface area contributed by atoms with Gasteiger partial charge in [0.1, 0.15) is 12.1 Å². The van der Waals surface area contributed by atoms with Crippen molar-refractivity contribution >= 4 is 34.9 Å². The van der Waals surface area contributed by atoms with E-state index in [-0.39, 0.29) is 11.7 Å². The van der Waals surface area contributed by atoms with E-state index in [0.717, 1.165) is 22.5 Å². The monoisotopic (exact) mass is 501 g/mol. The first-order chi connectivity index (χ1) is 17.1. The average Bonchev–Trinajstić information content (AvgIpc) is 2.83. The van der Waals surface area contributed by atoms with Gasteiger partial charge in [0.15, 0.2) is 0 Å². The van der Waals surface area contributed by atoms with Crippen LogP contribution in [0, 0.1) is 13.8 Å². The maximum Gasteiger partial charge on any atom is 0.573 e. The number of anilines is 5. The van der Waals surface area contributed by atoms with Crippen molar-refractivity contribution in [1.82, 2.24) is 15.0 Å². The molecule has 190 valence electrons. The van der Waals surface area contributed by atoms with Gasteiger partial charge in [-0.2, -0.15) is 4.98 Å². The fraction of sp³-hybridized carbons (Fsp3) is 0.333. The Kier molecular flexibility index (Phi) is 7.13. The van der Waals surface area contributed by atoms with Crippen LogP contribution in [-0.2, 0) is 4.79 Å². The molecule has 12 heteroatoms. The number of benzene rings is 2. The molecule has 1 amide bonds. The molecule has 0 unspecified atom stereocenters. The van der Waals surface area contributed by atoms with Gasteiger partial charge in [0.2, 0.25) is 17.8 Å². The lowest BCUT2D eigenvalue weighted by atomic mass is 10.1. The second kappa shape index (κ2) is 10.3. The standard InChI is InChI=1S/C24H26F3N7O2/c1-15-7-8-20(16(2)21(15)30-17(3)35)31-22-28-14-29-23(32-22)34-11-9-33(10-12-34)18-5-4-6-19(13-18)36-24(25,26)27/h4-8,13-14H,9-12H2,1-3H3,(H,30,35)(H,28,29,31,32). The highest BCUT2D eigenvalue weighted by Gasteiger charge is 2.31. The lowest BCUT2D eigenvalue weighted by Crippen LogP contribution is -2.47. The molecule has 2 heterocycles. The van der Waals surface area contributed by atoms with Gasteiger partial charge in [-0.15, -0.1) is 13.2 Å². The number of rotatable bonds is 6. The van der Waals surface area contributed by atoms with Crippen molar-refractivity contribution in [2.24, 2.45) is 0 Å². The van der Waals surface area contributed by atoms with Crippen LogP contribution in [0.2, 0.25) is 0 Å². The van der Waals surface area contributed by atoms with Crippen molar-refractivity contribution in [2.75, 3.05) is 46.6 Å². The predicted molar refractivity (Wildman–Crippen MR) is 131 cm³/mol. The second-order valence-corrected chi connectivity index (χ2v) is 8.36. The molecule has 0 radical (unpaired) electrons. The molecule has 1 aromatic heterocycles. The largest absolute Gasteiger partial charge is 0.573 e. The molecule has 3 aromatic rings. The third kappa shape index (κ3) is 6.12. The van der Waals surface area contributed by atoms with Gasteiger partial charge in [-0.25, -0.2) is 9.97 Å². The fourth-order valence-electron chi connectivity index (χ4n) is 4.01. The summed E-state index contributed by atoms with van der Waals surface area (Å²) in [5, 5.41) is 6.05. The summed E-state index contributed by atoms with van der Waals surface area (Å²) in [6.45, 7) is 7.57. The number of aromatic nitrogens is 3. The van der Waals surface area contributed by atoms with Gasteiger partial charge in [0.25, 0.3) is 0 Å². The minimum Gasteiger partial charge on any atom is -0.406 e. The highest BCUT2D eigenvalue weighted by Crippen LogP contribution is 2.30. The van der Waals surface area contributed by atoms with E-state index in [1.54, 1.807) is 6.07 Å². The van der Waals surface area contributed by atoms with Gasteiger partial charge < -0.3 is 25.2 Å². The summed E-state index contributed by atoms with van der Waals surface area (Å²) in [5.41, 5.74) is 3.95. The van der Waals surface area contributed by atoms with Crippen molar-refractivity contribution in [3.05, 3.63) is 53.9 Å². The normalized spacial score (nSPS) is 13.9. The van der Waals surface area contributed by atoms with Crippen LogP contribution in [0.25, 0.3) is 0 Å². The molecular formula is C24H26F3N7O2. The lowest BCUT2D eigenvalue weighted by Gasteiger charge is -2.36. The number of alkyl halides is 3. The first-order valence-electron chi connectivity index (χ1n) is 11.3. The lowest BCUT2D eigenvalue weighted by molar-refractivity contribution is -0.274. The average molecular weight is 502 g/mol. The number of hydrogen-bond donors (Lipinski definition) is 2. The Morgan fingerprint density at radius 3 is 2.44 bits per heavy atom. The zero-order chi connectivity index (χ0) is 25.9. The summed E-state index contributed by atoms with van der Waals surface area (Å²) in [7, 11) is 0. The molecular weight excluding hydrogens is 475 g/mol. The number of halogens is 3. The Hall–Kier alpha value is -4.09. The number of carbonyl (C=O) groups excluding carboxylic acids is 1. The first kappa shape index (κ1) is 25.0. The van der Waals surface area contributed by atoms with E-state index in [1.807, 2.05) is 35.8 Å². The first-order valence-corrected chi connectivity index (χ1v) is 11.3. The Bertz CT molecular complexity index is 1240. The SMILES string of the molecule is CC(=O)Nc1c(C)ccc(Nc2ncnc(N3CCN(c4cccc(OC(F)(F)F)c4)CC3)n2)c1C. The number of piperazine rings is 1. The molecule has 0 atom stereocenters. The zero-order valence-corrected chi connectivity index (χ0v) is 20.1. The Balaban J connectivity index is 1.43. The molecule has 2 aromatic carbocycles. The van der Waals surface area contributed by atoms with Crippen LogP contribution in [0.4, 0.5) is 42.1 Å². The number of carbonyl (C=O) groups is 1. The van der Waals surface area contributed by atoms with Gasteiger partial charge in [-0.1, -0.05) is 12.1 Å². The molecule has 1 aliphatic heterocycles. The summed E-state index contributed by atoms with van der Waals surface area (Å²) in [6.07, 6.45) is -3.31. The minimum absolute atomic E-state index is 0.153. The van der Waals surface area contributed by atoms with Gasteiger partial charge >= 0.3 is 6.36 Å². The number of aryl methyl sites for hydroxylation is 1. The fourth-order valence-corrected chi connectivity index (χ4v) is 4.01. The molecule has 0 spiro atoms. The predicted octanol–water partition coefficient (Wildman–Crippen LogP) is 4.42. The minimum atomic E-state index is -4.73. The highest BCUT2D eigenvalue weighted by atomic mass is 19.4. The number of ether oxygens (including phenoxy) is 1. The van der Waals surface area contributed by atoms with Crippen molar-refractivity contribution in [1.29, 1.82) is 0 Å². The van der Waals surface area contributed by atoms with E-state index in [0.29, 0.717) is 43.8 Å². The smallest absolute Gasteiger partial charge is 0.406 e. The van der Waals surface area contributed by atoms with Gasteiger partial charge in [0.05, 0.1) is 0 Å². The van der Waals surface area contributed by atoms with Crippen LogP contribution in [0.1, 0.15) is 18.1 Å². The summed E-state index contributed by atoms with van der Waals surface area (Å²) >= 11 is 0. The number of nitrogens with zero attached hydrogens (tertiary/aromatic N) is 5. The summed E-state index contributed by atoms with van der Waals surface area (Å²) < 4.78 is 41.7. The maximum atomic E-state index is 12.6. The van der Waals surface area contributed by atoms with Crippen molar-refractivity contribution in [2.45, 2.75) is 27.1 Å². The van der Waals surface area contributed by atoms with E-state index in [1.165, 1.54) is 31.5 Å². The molecule has 36 heavy (non-hydrogen) atoms. The summed E-state index contributed by atoms with van der Waals surface area (Å²) in [4.78, 5) is 28.6. The summed E-state index contributed by atoms with van der Waals surface area (Å²) in [6, 6.07) is 9.75. The second-order valence-electron chi connectivity index (χ2n) is 8.36. The molecule has 0 aliphatic carbocycles. The van der Waals surface area contributed by atoms with Crippen LogP contribution in [0.15, 0.2) is 42.7 Å². The quantitative estimate of drug-likeness (QED) is 0.513. The number of hydrogen-bond acceptors (Lipinski definition) is 8. The van der Waals surface area contributed by atoms with E-state index < -0.39 is 6.36 Å². The zero-order valence-electron chi connectivity index (χ0n) is 20.1. The van der Waals surface area contributed by atoms with Gasteiger partial charge in [0, 0.05) is 56.2 Å². The molecule has 9 nitrogen and oxygen atoms in total. The third-order valence-electron chi connectivity index (χ3n) is 5.76. The van der Waals surface area contributed by atoms with E-state index >= 15 is 0 Å². The van der Waals surface area contributed by atoms with Crippen LogP contribution in [0.3, 0.4) is 0 Å². The molecule has 1 saturated heterocycles. The molecule has 1 aliphatic rings. The molecule has 4 rings (SSSR count). The van der Waals surface area contributed by atoms with Crippen LogP contribution >= 0.6 is 0 Å². The molecule has 0 saturated carbocycles. The van der Waals surface area contributed by atoms with Crippen molar-refractivity contribution < 1.29 is 22.7 Å². The van der Waals surface area contributed by atoms with E-state index in [2.05, 4.69) is 30.3 Å². The molecule has 2 N–H and O–H groups in total. The Morgan fingerprint density at radius 2 is 1.75 bits per heavy atom. The van der Waals surface area contributed by atoms with Crippen LogP contribution in [-0.4, -0.2) is 53.4 Å². The number of nitrogens with one attached hydrogen (secondary N) is 2.